The summed E-state index contributed by atoms with van der Waals surface area (Å²) in [4.78, 5) is 12.2. The van der Waals surface area contributed by atoms with Crippen molar-refractivity contribution in [3.05, 3.63) is 36.4 Å². The zero-order valence-electron chi connectivity index (χ0n) is 13.5. The molecule has 2 heterocycles. The number of amides is 1. The SMILES string of the molecule is CC[C@@H](C)NC(=O)Cn1cc(-c2nnc(C)o2)c2ccccc21. The van der Waals surface area contributed by atoms with Gasteiger partial charge in [0.15, 0.2) is 0 Å². The number of nitrogens with one attached hydrogen (secondary N) is 1. The number of carbonyl (C=O) groups excluding carboxylic acids is 1. The fraction of sp³-hybridized carbons (Fsp3) is 0.353. The zero-order chi connectivity index (χ0) is 16.4. The summed E-state index contributed by atoms with van der Waals surface area (Å²) in [5.41, 5.74) is 1.81. The number of carbonyl (C=O) groups is 1. The largest absolute Gasteiger partial charge is 0.421 e. The number of para-hydroxylation sites is 1. The lowest BCUT2D eigenvalue weighted by Gasteiger charge is -2.12. The van der Waals surface area contributed by atoms with E-state index in [0.29, 0.717) is 11.8 Å². The Morgan fingerprint density at radius 2 is 2.13 bits per heavy atom. The Morgan fingerprint density at radius 1 is 1.35 bits per heavy atom. The maximum absolute atomic E-state index is 12.2. The van der Waals surface area contributed by atoms with E-state index in [9.17, 15) is 4.79 Å². The van der Waals surface area contributed by atoms with Crippen LogP contribution in [0.3, 0.4) is 0 Å². The predicted octanol–water partition coefficient (Wildman–Crippen LogP) is 2.91. The van der Waals surface area contributed by atoms with Crippen molar-refractivity contribution in [2.24, 2.45) is 0 Å². The molecule has 1 N–H and O–H groups in total. The predicted molar refractivity (Wildman–Crippen MR) is 87.9 cm³/mol. The molecule has 2 aromatic heterocycles. The van der Waals surface area contributed by atoms with Crippen LogP contribution < -0.4 is 5.32 Å². The number of hydrogen-bond acceptors (Lipinski definition) is 4. The number of nitrogens with zero attached hydrogens (tertiary/aromatic N) is 3. The Hall–Kier alpha value is -2.63. The third kappa shape index (κ3) is 3.11. The molecule has 0 radical (unpaired) electrons. The van der Waals surface area contributed by atoms with Crippen molar-refractivity contribution >= 4 is 16.8 Å². The minimum atomic E-state index is -0.00615. The molecular weight excluding hydrogens is 292 g/mol. The highest BCUT2D eigenvalue weighted by molar-refractivity contribution is 5.94. The summed E-state index contributed by atoms with van der Waals surface area (Å²) >= 11 is 0. The van der Waals surface area contributed by atoms with Crippen molar-refractivity contribution < 1.29 is 9.21 Å². The molecule has 0 bridgehead atoms. The second-order valence-electron chi connectivity index (χ2n) is 5.69. The van der Waals surface area contributed by atoms with Gasteiger partial charge in [-0.05, 0) is 19.4 Å². The first-order chi connectivity index (χ1) is 11.1. The number of rotatable bonds is 5. The van der Waals surface area contributed by atoms with E-state index >= 15 is 0 Å². The highest BCUT2D eigenvalue weighted by Gasteiger charge is 2.16. The van der Waals surface area contributed by atoms with Gasteiger partial charge in [-0.25, -0.2) is 0 Å². The van der Waals surface area contributed by atoms with Gasteiger partial charge in [0, 0.05) is 30.1 Å². The van der Waals surface area contributed by atoms with Crippen LogP contribution in [0.1, 0.15) is 26.2 Å². The fourth-order valence-corrected chi connectivity index (χ4v) is 2.53. The first-order valence-corrected chi connectivity index (χ1v) is 7.76. The molecule has 0 aliphatic heterocycles. The fourth-order valence-electron chi connectivity index (χ4n) is 2.53. The molecule has 23 heavy (non-hydrogen) atoms. The number of aromatic nitrogens is 3. The van der Waals surface area contributed by atoms with Crippen LogP contribution >= 0.6 is 0 Å². The Morgan fingerprint density at radius 3 is 2.83 bits per heavy atom. The number of hydrogen-bond donors (Lipinski definition) is 1. The summed E-state index contributed by atoms with van der Waals surface area (Å²) in [7, 11) is 0. The minimum absolute atomic E-state index is 0.00615. The summed E-state index contributed by atoms with van der Waals surface area (Å²) < 4.78 is 7.46. The summed E-state index contributed by atoms with van der Waals surface area (Å²) in [5.74, 6) is 0.986. The lowest BCUT2D eigenvalue weighted by atomic mass is 10.2. The highest BCUT2D eigenvalue weighted by Crippen LogP contribution is 2.29. The van der Waals surface area contributed by atoms with E-state index in [4.69, 9.17) is 4.42 Å². The Balaban J connectivity index is 1.97. The molecule has 0 unspecified atom stereocenters. The van der Waals surface area contributed by atoms with Crippen molar-refractivity contribution in [2.45, 2.75) is 39.8 Å². The molecule has 1 amide bonds. The average Bonchev–Trinajstić information content (AvgIpc) is 3.11. The van der Waals surface area contributed by atoms with Gasteiger partial charge in [0.05, 0.1) is 5.56 Å². The maximum Gasteiger partial charge on any atom is 0.249 e. The van der Waals surface area contributed by atoms with Gasteiger partial charge in [0.2, 0.25) is 17.7 Å². The van der Waals surface area contributed by atoms with E-state index in [-0.39, 0.29) is 18.5 Å². The normalized spacial score (nSPS) is 12.5. The topological polar surface area (TPSA) is 73.0 Å². The van der Waals surface area contributed by atoms with E-state index in [1.807, 2.05) is 48.9 Å². The lowest BCUT2D eigenvalue weighted by Crippen LogP contribution is -2.34. The van der Waals surface area contributed by atoms with Crippen molar-refractivity contribution in [3.63, 3.8) is 0 Å². The van der Waals surface area contributed by atoms with Gasteiger partial charge >= 0.3 is 0 Å². The Bertz CT molecular complexity index is 834. The van der Waals surface area contributed by atoms with Gasteiger partial charge in [-0.2, -0.15) is 0 Å². The lowest BCUT2D eigenvalue weighted by molar-refractivity contribution is -0.122. The van der Waals surface area contributed by atoms with Crippen LogP contribution in [0.2, 0.25) is 0 Å². The number of fused-ring (bicyclic) bond motifs is 1. The second kappa shape index (κ2) is 6.24. The van der Waals surface area contributed by atoms with Crippen LogP contribution in [0.5, 0.6) is 0 Å². The van der Waals surface area contributed by atoms with Gasteiger partial charge in [0.25, 0.3) is 0 Å². The average molecular weight is 312 g/mol. The third-order valence-corrected chi connectivity index (χ3v) is 3.88. The molecule has 0 saturated heterocycles. The molecule has 120 valence electrons. The van der Waals surface area contributed by atoms with Gasteiger partial charge < -0.3 is 14.3 Å². The molecular formula is C17H20N4O2. The van der Waals surface area contributed by atoms with Crippen LogP contribution in [0.15, 0.2) is 34.9 Å². The third-order valence-electron chi connectivity index (χ3n) is 3.88. The first-order valence-electron chi connectivity index (χ1n) is 7.76. The highest BCUT2D eigenvalue weighted by atomic mass is 16.4. The summed E-state index contributed by atoms with van der Waals surface area (Å²) in [6.07, 6.45) is 2.80. The minimum Gasteiger partial charge on any atom is -0.421 e. The van der Waals surface area contributed by atoms with E-state index < -0.39 is 0 Å². The Labute approximate surface area is 134 Å². The molecule has 0 saturated carbocycles. The van der Waals surface area contributed by atoms with Crippen LogP contribution in [0.4, 0.5) is 0 Å². The van der Waals surface area contributed by atoms with Crippen LogP contribution in [-0.2, 0) is 11.3 Å². The number of benzene rings is 1. The van der Waals surface area contributed by atoms with Crippen LogP contribution in [-0.4, -0.2) is 26.7 Å². The van der Waals surface area contributed by atoms with E-state index in [0.717, 1.165) is 22.9 Å². The molecule has 3 aromatic rings. The van der Waals surface area contributed by atoms with Crippen LogP contribution in [0, 0.1) is 6.92 Å². The zero-order valence-corrected chi connectivity index (χ0v) is 13.5. The summed E-state index contributed by atoms with van der Waals surface area (Å²) in [6.45, 7) is 6.07. The van der Waals surface area contributed by atoms with Gasteiger partial charge in [-0.3, -0.25) is 4.79 Å². The standard InChI is InChI=1S/C17H20N4O2/c1-4-11(2)18-16(22)10-21-9-14(17-20-19-12(3)23-17)13-7-5-6-8-15(13)21/h5-9,11H,4,10H2,1-3H3,(H,18,22)/t11-/m1/s1. The van der Waals surface area contributed by atoms with Crippen molar-refractivity contribution in [1.82, 2.24) is 20.1 Å². The molecule has 1 aromatic carbocycles. The van der Waals surface area contributed by atoms with Gasteiger partial charge in [-0.1, -0.05) is 25.1 Å². The maximum atomic E-state index is 12.2. The molecule has 0 aliphatic carbocycles. The molecule has 6 nitrogen and oxygen atoms in total. The van der Waals surface area contributed by atoms with E-state index in [1.165, 1.54) is 0 Å². The van der Waals surface area contributed by atoms with Crippen LogP contribution in [0.25, 0.3) is 22.4 Å². The molecule has 3 rings (SSSR count). The smallest absolute Gasteiger partial charge is 0.249 e. The molecule has 6 heteroatoms. The van der Waals surface area contributed by atoms with Crippen molar-refractivity contribution in [3.8, 4) is 11.5 Å². The molecule has 0 aliphatic rings. The second-order valence-corrected chi connectivity index (χ2v) is 5.69. The quantitative estimate of drug-likeness (QED) is 0.786. The Kier molecular flexibility index (Phi) is 4.14. The van der Waals surface area contributed by atoms with Crippen molar-refractivity contribution in [2.75, 3.05) is 0 Å². The van der Waals surface area contributed by atoms with Gasteiger partial charge in [0.1, 0.15) is 6.54 Å². The molecule has 0 spiro atoms. The van der Waals surface area contributed by atoms with E-state index in [1.54, 1.807) is 6.92 Å². The monoisotopic (exact) mass is 312 g/mol. The van der Waals surface area contributed by atoms with Crippen molar-refractivity contribution in [1.29, 1.82) is 0 Å². The molecule has 0 fully saturated rings. The number of aryl methyl sites for hydroxylation is 1. The first kappa shape index (κ1) is 15.3. The van der Waals surface area contributed by atoms with Gasteiger partial charge in [-0.15, -0.1) is 10.2 Å². The molecule has 1 atom stereocenters. The summed E-state index contributed by atoms with van der Waals surface area (Å²) in [5, 5.41) is 12.0. The van der Waals surface area contributed by atoms with E-state index in [2.05, 4.69) is 15.5 Å². The summed E-state index contributed by atoms with van der Waals surface area (Å²) in [6, 6.07) is 8.06.